The van der Waals surface area contributed by atoms with E-state index in [0.717, 1.165) is 6.42 Å². The van der Waals surface area contributed by atoms with E-state index in [2.05, 4.69) is 0 Å². The minimum absolute atomic E-state index is 0.522. The second-order valence-corrected chi connectivity index (χ2v) is 3.94. The van der Waals surface area contributed by atoms with Crippen LogP contribution in [0.25, 0.3) is 0 Å². The molecule has 0 aliphatic carbocycles. The first kappa shape index (κ1) is 11.6. The molecule has 1 aliphatic heterocycles. The second-order valence-electron chi connectivity index (χ2n) is 3.94. The molecule has 4 heteroatoms. The van der Waals surface area contributed by atoms with Crippen LogP contribution in [0.3, 0.4) is 0 Å². The minimum atomic E-state index is -0.940. The van der Waals surface area contributed by atoms with Gasteiger partial charge in [-0.05, 0) is 12.0 Å². The van der Waals surface area contributed by atoms with Gasteiger partial charge in [-0.15, -0.1) is 0 Å². The van der Waals surface area contributed by atoms with E-state index in [0.29, 0.717) is 12.0 Å². The van der Waals surface area contributed by atoms with E-state index in [1.54, 1.807) is 24.3 Å². The van der Waals surface area contributed by atoms with Gasteiger partial charge in [0.15, 0.2) is 5.92 Å². The molecule has 0 bridgehead atoms. The molecule has 17 heavy (non-hydrogen) atoms. The summed E-state index contributed by atoms with van der Waals surface area (Å²) in [5.74, 6) is -1.99. The number of benzene rings is 1. The number of esters is 2. The number of cyclic esters (lactones) is 2. The largest absolute Gasteiger partial charge is 0.424 e. The van der Waals surface area contributed by atoms with Gasteiger partial charge in [0.1, 0.15) is 0 Å². The fourth-order valence-electron chi connectivity index (χ4n) is 1.79. The molecule has 4 nitrogen and oxygen atoms in total. The Morgan fingerprint density at radius 1 is 1.06 bits per heavy atom. The van der Waals surface area contributed by atoms with Gasteiger partial charge in [0.05, 0.1) is 0 Å². The highest BCUT2D eigenvalue weighted by atomic mass is 16.7. The van der Waals surface area contributed by atoms with E-state index in [1.165, 1.54) is 0 Å². The molecule has 2 rings (SSSR count). The Morgan fingerprint density at radius 2 is 1.65 bits per heavy atom. The third kappa shape index (κ3) is 2.46. The summed E-state index contributed by atoms with van der Waals surface area (Å²) in [6, 6.07) is 8.80. The molecule has 0 amide bonds. The standard InChI is InChI=1S/C13H14O4/c1-2-6-10-16-12(14)11(13(15)17-10)9-7-4-3-5-8-9/h3-5,7-8,10-11H,2,6H2,1H3. The molecule has 1 aromatic rings. The van der Waals surface area contributed by atoms with E-state index in [1.807, 2.05) is 13.0 Å². The number of carbonyl (C=O) groups excluding carboxylic acids is 2. The molecule has 0 N–H and O–H groups in total. The maximum Gasteiger partial charge on any atom is 0.327 e. The van der Waals surface area contributed by atoms with Gasteiger partial charge in [0.2, 0.25) is 6.29 Å². The van der Waals surface area contributed by atoms with Crippen LogP contribution >= 0.6 is 0 Å². The van der Waals surface area contributed by atoms with Gasteiger partial charge in [-0.2, -0.15) is 0 Å². The van der Waals surface area contributed by atoms with Crippen molar-refractivity contribution in [3.63, 3.8) is 0 Å². The van der Waals surface area contributed by atoms with Crippen LogP contribution in [0, 0.1) is 0 Å². The summed E-state index contributed by atoms with van der Waals surface area (Å²) in [6.45, 7) is 1.94. The van der Waals surface area contributed by atoms with Crippen molar-refractivity contribution in [3.8, 4) is 0 Å². The molecular weight excluding hydrogens is 220 g/mol. The maximum absolute atomic E-state index is 11.8. The zero-order valence-corrected chi connectivity index (χ0v) is 9.59. The van der Waals surface area contributed by atoms with Crippen LogP contribution in [0.5, 0.6) is 0 Å². The Balaban J connectivity index is 2.16. The Bertz CT molecular complexity index is 395. The average molecular weight is 234 g/mol. The lowest BCUT2D eigenvalue weighted by Gasteiger charge is -2.27. The molecule has 1 aromatic carbocycles. The minimum Gasteiger partial charge on any atom is -0.424 e. The second kappa shape index (κ2) is 4.99. The van der Waals surface area contributed by atoms with E-state index in [-0.39, 0.29) is 0 Å². The molecule has 1 heterocycles. The zero-order chi connectivity index (χ0) is 12.3. The summed E-state index contributed by atoms with van der Waals surface area (Å²) in [6.07, 6.45) is 0.611. The topological polar surface area (TPSA) is 52.6 Å². The summed E-state index contributed by atoms with van der Waals surface area (Å²) in [7, 11) is 0. The average Bonchev–Trinajstić information content (AvgIpc) is 2.30. The summed E-state index contributed by atoms with van der Waals surface area (Å²) in [5, 5.41) is 0. The van der Waals surface area contributed by atoms with E-state index >= 15 is 0 Å². The smallest absolute Gasteiger partial charge is 0.327 e. The Labute approximate surface area is 99.5 Å². The van der Waals surface area contributed by atoms with Crippen LogP contribution < -0.4 is 0 Å². The quantitative estimate of drug-likeness (QED) is 0.593. The summed E-state index contributed by atoms with van der Waals surface area (Å²) in [4.78, 5) is 23.5. The predicted molar refractivity (Wildman–Crippen MR) is 60.1 cm³/mol. The molecule has 1 fully saturated rings. The van der Waals surface area contributed by atoms with Crippen LogP contribution in [0.2, 0.25) is 0 Å². The normalized spacial score (nSPS) is 24.1. The first-order chi connectivity index (χ1) is 8.22. The lowest BCUT2D eigenvalue weighted by molar-refractivity contribution is -0.207. The summed E-state index contributed by atoms with van der Waals surface area (Å²) >= 11 is 0. The molecule has 0 saturated carbocycles. The molecule has 1 aliphatic rings. The maximum atomic E-state index is 11.8. The van der Waals surface area contributed by atoms with Crippen molar-refractivity contribution >= 4 is 11.9 Å². The highest BCUT2D eigenvalue weighted by molar-refractivity contribution is 6.02. The van der Waals surface area contributed by atoms with Crippen molar-refractivity contribution in [1.29, 1.82) is 0 Å². The third-order valence-corrected chi connectivity index (χ3v) is 2.62. The highest BCUT2D eigenvalue weighted by Gasteiger charge is 2.39. The van der Waals surface area contributed by atoms with Crippen LogP contribution in [0.15, 0.2) is 30.3 Å². The fraction of sp³-hybridized carbons (Fsp3) is 0.385. The van der Waals surface area contributed by atoms with Crippen LogP contribution in [-0.4, -0.2) is 18.2 Å². The summed E-state index contributed by atoms with van der Waals surface area (Å²) < 4.78 is 10.2. The molecule has 0 radical (unpaired) electrons. The van der Waals surface area contributed by atoms with Gasteiger partial charge < -0.3 is 9.47 Å². The number of hydrogen-bond acceptors (Lipinski definition) is 4. The van der Waals surface area contributed by atoms with E-state index < -0.39 is 24.1 Å². The fourth-order valence-corrected chi connectivity index (χ4v) is 1.79. The van der Waals surface area contributed by atoms with Gasteiger partial charge in [-0.25, -0.2) is 0 Å². The van der Waals surface area contributed by atoms with Gasteiger partial charge >= 0.3 is 11.9 Å². The van der Waals surface area contributed by atoms with Crippen LogP contribution in [-0.2, 0) is 19.1 Å². The van der Waals surface area contributed by atoms with Gasteiger partial charge in [0.25, 0.3) is 0 Å². The van der Waals surface area contributed by atoms with E-state index in [4.69, 9.17) is 9.47 Å². The molecule has 0 unspecified atom stereocenters. The lowest BCUT2D eigenvalue weighted by atomic mass is 9.99. The van der Waals surface area contributed by atoms with Gasteiger partial charge in [-0.3, -0.25) is 9.59 Å². The first-order valence-corrected chi connectivity index (χ1v) is 5.68. The van der Waals surface area contributed by atoms with Crippen LogP contribution in [0.4, 0.5) is 0 Å². The summed E-state index contributed by atoms with van der Waals surface area (Å²) in [5.41, 5.74) is 0.609. The number of rotatable bonds is 3. The SMILES string of the molecule is CCCC1OC(=O)C(c2ccccc2)C(=O)O1. The Hall–Kier alpha value is -1.84. The van der Waals surface area contributed by atoms with Crippen LogP contribution in [0.1, 0.15) is 31.2 Å². The lowest BCUT2D eigenvalue weighted by Crippen LogP contribution is -2.39. The van der Waals surface area contributed by atoms with Crippen molar-refractivity contribution in [2.24, 2.45) is 0 Å². The van der Waals surface area contributed by atoms with Crippen molar-refractivity contribution in [1.82, 2.24) is 0 Å². The van der Waals surface area contributed by atoms with Gasteiger partial charge in [-0.1, -0.05) is 37.3 Å². The van der Waals surface area contributed by atoms with Gasteiger partial charge in [0, 0.05) is 6.42 Å². The first-order valence-electron chi connectivity index (χ1n) is 5.68. The molecule has 1 saturated heterocycles. The number of ether oxygens (including phenoxy) is 2. The molecular formula is C13H14O4. The molecule has 0 aromatic heterocycles. The highest BCUT2D eigenvalue weighted by Crippen LogP contribution is 2.26. The molecule has 90 valence electrons. The van der Waals surface area contributed by atoms with Crippen molar-refractivity contribution in [3.05, 3.63) is 35.9 Å². The number of carbonyl (C=O) groups is 2. The molecule has 0 atom stereocenters. The predicted octanol–water partition coefficient (Wildman–Crippen LogP) is 2.00. The van der Waals surface area contributed by atoms with E-state index in [9.17, 15) is 9.59 Å². The number of hydrogen-bond donors (Lipinski definition) is 0. The monoisotopic (exact) mass is 234 g/mol. The molecule has 0 spiro atoms. The zero-order valence-electron chi connectivity index (χ0n) is 9.59. The Kier molecular flexibility index (Phi) is 3.42. The van der Waals surface area contributed by atoms with Crippen molar-refractivity contribution in [2.45, 2.75) is 32.0 Å². The third-order valence-electron chi connectivity index (χ3n) is 2.62. The van der Waals surface area contributed by atoms with Crippen molar-refractivity contribution < 1.29 is 19.1 Å². The Morgan fingerprint density at radius 3 is 2.18 bits per heavy atom. The van der Waals surface area contributed by atoms with Crippen molar-refractivity contribution in [2.75, 3.05) is 0 Å².